The van der Waals surface area contributed by atoms with Crippen LogP contribution in [0.5, 0.6) is 5.75 Å². The zero-order valence-corrected chi connectivity index (χ0v) is 14.4. The number of aromatic amines is 1. The largest absolute Gasteiger partial charge is 0.494 e. The van der Waals surface area contributed by atoms with Gasteiger partial charge in [-0.25, -0.2) is 0 Å². The minimum atomic E-state index is -0.0478. The number of nitrogens with one attached hydrogen (secondary N) is 2. The molecular formula is C20H22N2O2. The van der Waals surface area contributed by atoms with Gasteiger partial charge in [0.2, 0.25) is 0 Å². The topological polar surface area (TPSA) is 54.1 Å². The number of aromatic nitrogens is 1. The van der Waals surface area contributed by atoms with Crippen LogP contribution in [0.15, 0.2) is 12.1 Å². The van der Waals surface area contributed by atoms with E-state index >= 15 is 0 Å². The van der Waals surface area contributed by atoms with Crippen molar-refractivity contribution in [3.63, 3.8) is 0 Å². The normalized spacial score (nSPS) is 17.6. The number of anilines is 1. The molecule has 2 aliphatic rings. The Bertz CT molecular complexity index is 874. The first-order valence-corrected chi connectivity index (χ1v) is 8.51. The van der Waals surface area contributed by atoms with Crippen molar-refractivity contribution in [2.75, 3.05) is 12.4 Å². The molecule has 2 heterocycles. The predicted molar refractivity (Wildman–Crippen MR) is 96.4 cm³/mol. The van der Waals surface area contributed by atoms with E-state index in [0.29, 0.717) is 5.57 Å². The molecule has 0 saturated heterocycles. The highest BCUT2D eigenvalue weighted by molar-refractivity contribution is 6.35. The molecule has 4 rings (SSSR count). The third kappa shape index (κ3) is 2.25. The Kier molecular flexibility index (Phi) is 3.48. The zero-order chi connectivity index (χ0) is 16.8. The number of ether oxygens (including phenoxy) is 1. The van der Waals surface area contributed by atoms with Crippen LogP contribution in [-0.2, 0) is 17.6 Å². The summed E-state index contributed by atoms with van der Waals surface area (Å²) in [6.07, 6.45) is 6.43. The molecule has 0 radical (unpaired) electrons. The summed E-state index contributed by atoms with van der Waals surface area (Å²) in [7, 11) is 1.71. The van der Waals surface area contributed by atoms with Gasteiger partial charge in [0.15, 0.2) is 0 Å². The number of methoxy groups -OCH3 is 1. The van der Waals surface area contributed by atoms with E-state index in [2.05, 4.69) is 23.3 Å². The summed E-state index contributed by atoms with van der Waals surface area (Å²) in [4.78, 5) is 16.0. The molecule has 0 atom stereocenters. The van der Waals surface area contributed by atoms with Crippen LogP contribution in [0, 0.1) is 13.8 Å². The lowest BCUT2D eigenvalue weighted by molar-refractivity contribution is -0.110. The number of hydrogen-bond acceptors (Lipinski definition) is 2. The monoisotopic (exact) mass is 322 g/mol. The van der Waals surface area contributed by atoms with E-state index in [-0.39, 0.29) is 5.91 Å². The average Bonchev–Trinajstić information content (AvgIpc) is 3.04. The second kappa shape index (κ2) is 5.55. The van der Waals surface area contributed by atoms with Crippen LogP contribution in [-0.4, -0.2) is 18.0 Å². The number of aryl methyl sites for hydroxylation is 3. The molecule has 0 bridgehead atoms. The van der Waals surface area contributed by atoms with Crippen molar-refractivity contribution in [1.82, 2.24) is 4.98 Å². The fourth-order valence-electron chi connectivity index (χ4n) is 4.02. The summed E-state index contributed by atoms with van der Waals surface area (Å²) in [5.41, 5.74) is 8.31. The van der Waals surface area contributed by atoms with Gasteiger partial charge in [-0.05, 0) is 62.8 Å². The lowest BCUT2D eigenvalue weighted by atomic mass is 9.96. The van der Waals surface area contributed by atoms with E-state index in [0.717, 1.165) is 46.7 Å². The molecule has 4 nitrogen and oxygen atoms in total. The number of hydrogen-bond donors (Lipinski definition) is 2. The highest BCUT2D eigenvalue weighted by Crippen LogP contribution is 2.39. The average molecular weight is 322 g/mol. The first-order chi connectivity index (χ1) is 11.6. The van der Waals surface area contributed by atoms with Gasteiger partial charge < -0.3 is 15.0 Å². The van der Waals surface area contributed by atoms with Crippen LogP contribution >= 0.6 is 0 Å². The van der Waals surface area contributed by atoms with E-state index in [9.17, 15) is 4.79 Å². The number of carbonyl (C=O) groups is 1. The van der Waals surface area contributed by atoms with Crippen molar-refractivity contribution in [3.05, 3.63) is 45.8 Å². The van der Waals surface area contributed by atoms with E-state index in [1.807, 2.05) is 19.1 Å². The Morgan fingerprint density at radius 1 is 1.17 bits per heavy atom. The Morgan fingerprint density at radius 2 is 1.96 bits per heavy atom. The number of amides is 1. The maximum Gasteiger partial charge on any atom is 0.256 e. The molecule has 1 amide bonds. The minimum absolute atomic E-state index is 0.0478. The summed E-state index contributed by atoms with van der Waals surface area (Å²) in [6.45, 7) is 4.10. The molecule has 0 unspecified atom stereocenters. The third-order valence-corrected chi connectivity index (χ3v) is 5.01. The predicted octanol–water partition coefficient (Wildman–Crippen LogP) is 4.01. The minimum Gasteiger partial charge on any atom is -0.494 e. The molecule has 1 aliphatic carbocycles. The lowest BCUT2D eigenvalue weighted by Crippen LogP contribution is -2.03. The van der Waals surface area contributed by atoms with E-state index in [4.69, 9.17) is 4.74 Å². The Labute approximate surface area is 141 Å². The molecule has 2 aromatic rings. The quantitative estimate of drug-likeness (QED) is 0.821. The van der Waals surface area contributed by atoms with Gasteiger partial charge in [-0.3, -0.25) is 4.79 Å². The molecule has 2 N–H and O–H groups in total. The van der Waals surface area contributed by atoms with Gasteiger partial charge in [0, 0.05) is 22.5 Å². The van der Waals surface area contributed by atoms with Crippen molar-refractivity contribution in [1.29, 1.82) is 0 Å². The highest BCUT2D eigenvalue weighted by Gasteiger charge is 2.28. The summed E-state index contributed by atoms with van der Waals surface area (Å²) in [6, 6.07) is 4.14. The molecule has 1 aromatic heterocycles. The molecule has 0 spiro atoms. The van der Waals surface area contributed by atoms with Crippen LogP contribution in [0.25, 0.3) is 11.6 Å². The second-order valence-electron chi connectivity index (χ2n) is 6.75. The van der Waals surface area contributed by atoms with Crippen molar-refractivity contribution in [3.8, 4) is 5.75 Å². The SMILES string of the molecule is COc1c(C=C2C(=O)Nc3cc(C)cc(C)c32)[nH]c2c1CCCC2. The van der Waals surface area contributed by atoms with Crippen LogP contribution in [0.1, 0.15) is 46.5 Å². The highest BCUT2D eigenvalue weighted by atomic mass is 16.5. The molecule has 24 heavy (non-hydrogen) atoms. The maximum absolute atomic E-state index is 12.5. The molecular weight excluding hydrogens is 300 g/mol. The Balaban J connectivity index is 1.86. The van der Waals surface area contributed by atoms with Crippen molar-refractivity contribution >= 4 is 23.2 Å². The van der Waals surface area contributed by atoms with Crippen molar-refractivity contribution < 1.29 is 9.53 Å². The Hall–Kier alpha value is -2.49. The summed E-state index contributed by atoms with van der Waals surface area (Å²) >= 11 is 0. The fraction of sp³-hybridized carbons (Fsp3) is 0.350. The standard InChI is InChI=1S/C20H22N2O2/c1-11-8-12(2)18-14(20(23)22-16(18)9-11)10-17-19(24-3)13-6-4-5-7-15(13)21-17/h8-10,21H,4-7H2,1-3H3,(H,22,23). The smallest absolute Gasteiger partial charge is 0.256 e. The van der Waals surface area contributed by atoms with Crippen LogP contribution in [0.4, 0.5) is 5.69 Å². The van der Waals surface area contributed by atoms with Gasteiger partial charge in [0.25, 0.3) is 5.91 Å². The van der Waals surface area contributed by atoms with Crippen molar-refractivity contribution in [2.45, 2.75) is 39.5 Å². The van der Waals surface area contributed by atoms with E-state index in [1.165, 1.54) is 24.1 Å². The lowest BCUT2D eigenvalue weighted by Gasteiger charge is -2.11. The van der Waals surface area contributed by atoms with E-state index in [1.54, 1.807) is 7.11 Å². The third-order valence-electron chi connectivity index (χ3n) is 5.01. The molecule has 1 aliphatic heterocycles. The number of benzene rings is 1. The molecule has 0 saturated carbocycles. The van der Waals surface area contributed by atoms with Gasteiger partial charge in [-0.1, -0.05) is 6.07 Å². The van der Waals surface area contributed by atoms with Gasteiger partial charge in [-0.2, -0.15) is 0 Å². The number of fused-ring (bicyclic) bond motifs is 2. The first-order valence-electron chi connectivity index (χ1n) is 8.51. The molecule has 4 heteroatoms. The Morgan fingerprint density at radius 3 is 2.75 bits per heavy atom. The zero-order valence-electron chi connectivity index (χ0n) is 14.4. The van der Waals surface area contributed by atoms with Gasteiger partial charge in [0.05, 0.1) is 18.4 Å². The van der Waals surface area contributed by atoms with Crippen LogP contribution in [0.3, 0.4) is 0 Å². The maximum atomic E-state index is 12.5. The van der Waals surface area contributed by atoms with Crippen molar-refractivity contribution in [2.24, 2.45) is 0 Å². The van der Waals surface area contributed by atoms with Crippen LogP contribution < -0.4 is 10.1 Å². The fourth-order valence-corrected chi connectivity index (χ4v) is 4.02. The van der Waals surface area contributed by atoms with Crippen LogP contribution in [0.2, 0.25) is 0 Å². The van der Waals surface area contributed by atoms with Gasteiger partial charge >= 0.3 is 0 Å². The van der Waals surface area contributed by atoms with Gasteiger partial charge in [0.1, 0.15) is 5.75 Å². The molecule has 124 valence electrons. The summed E-state index contributed by atoms with van der Waals surface area (Å²) in [5, 5.41) is 2.99. The number of rotatable bonds is 2. The first kappa shape index (κ1) is 15.1. The second-order valence-corrected chi connectivity index (χ2v) is 6.75. The summed E-state index contributed by atoms with van der Waals surface area (Å²) in [5.74, 6) is 0.844. The summed E-state index contributed by atoms with van der Waals surface area (Å²) < 4.78 is 5.66. The number of carbonyl (C=O) groups excluding carboxylic acids is 1. The molecule has 1 aromatic carbocycles. The van der Waals surface area contributed by atoms with E-state index < -0.39 is 0 Å². The van der Waals surface area contributed by atoms with Gasteiger partial charge in [-0.15, -0.1) is 0 Å². The molecule has 0 fully saturated rings. The number of H-pyrrole nitrogens is 1.